The minimum atomic E-state index is -3.76. The van der Waals surface area contributed by atoms with E-state index in [1.807, 2.05) is 6.07 Å². The molecule has 0 atom stereocenters. The molecule has 1 aliphatic heterocycles. The summed E-state index contributed by atoms with van der Waals surface area (Å²) < 4.78 is 27.4. The zero-order chi connectivity index (χ0) is 18.0. The summed E-state index contributed by atoms with van der Waals surface area (Å²) in [5.41, 5.74) is 0.120. The van der Waals surface area contributed by atoms with E-state index >= 15 is 0 Å². The maximum atomic E-state index is 12.8. The maximum absolute atomic E-state index is 12.8. The van der Waals surface area contributed by atoms with Crippen LogP contribution in [0.4, 0.5) is 0 Å². The van der Waals surface area contributed by atoms with Crippen LogP contribution in [0.1, 0.15) is 15.2 Å². The number of thiophene rings is 1. The second kappa shape index (κ2) is 7.14. The molecule has 2 heterocycles. The van der Waals surface area contributed by atoms with Crippen molar-refractivity contribution in [3.63, 3.8) is 0 Å². The summed E-state index contributed by atoms with van der Waals surface area (Å²) in [5.74, 6) is -0.147. The number of nitriles is 1. The van der Waals surface area contributed by atoms with Crippen LogP contribution in [0.3, 0.4) is 0 Å². The van der Waals surface area contributed by atoms with Crippen LogP contribution in [0.15, 0.2) is 41.3 Å². The molecule has 6 nitrogen and oxygen atoms in total. The zero-order valence-corrected chi connectivity index (χ0v) is 15.4. The number of nitrogens with zero attached hydrogens (tertiary/aromatic N) is 3. The van der Waals surface area contributed by atoms with Gasteiger partial charge >= 0.3 is 0 Å². The summed E-state index contributed by atoms with van der Waals surface area (Å²) in [6.45, 7) is 0.963. The van der Waals surface area contributed by atoms with E-state index in [9.17, 15) is 13.2 Å². The maximum Gasteiger partial charge on any atom is 0.264 e. The second-order valence-electron chi connectivity index (χ2n) is 5.41. The number of carbonyl (C=O) groups is 1. The second-order valence-corrected chi connectivity index (χ2v) is 9.03. The number of hydrogen-bond donors (Lipinski definition) is 0. The Hall–Kier alpha value is -1.92. The lowest BCUT2D eigenvalue weighted by Gasteiger charge is -2.33. The standard InChI is InChI=1S/C16H14ClN3O3S2/c17-15-6-5-13(24-15)16(21)19-7-9-20(10-8-19)25(22,23)14-4-2-1-3-12(14)11-18/h1-6H,7-10H2. The fourth-order valence-corrected chi connectivity index (χ4v) is 5.21. The number of piperazine rings is 1. The van der Waals surface area contributed by atoms with Crippen molar-refractivity contribution < 1.29 is 13.2 Å². The molecule has 3 rings (SSSR count). The Morgan fingerprint density at radius 3 is 2.40 bits per heavy atom. The number of amides is 1. The van der Waals surface area contributed by atoms with Gasteiger partial charge < -0.3 is 4.90 Å². The molecule has 0 unspecified atom stereocenters. The largest absolute Gasteiger partial charge is 0.335 e. The summed E-state index contributed by atoms with van der Waals surface area (Å²) in [6.07, 6.45) is 0. The van der Waals surface area contributed by atoms with E-state index in [0.717, 1.165) is 0 Å². The van der Waals surface area contributed by atoms with Crippen molar-refractivity contribution in [3.05, 3.63) is 51.2 Å². The van der Waals surface area contributed by atoms with Gasteiger partial charge in [-0.3, -0.25) is 4.79 Å². The quantitative estimate of drug-likeness (QED) is 0.799. The molecule has 0 radical (unpaired) electrons. The Bertz CT molecular complexity index is 942. The van der Waals surface area contributed by atoms with Gasteiger partial charge in [0, 0.05) is 26.2 Å². The molecule has 130 valence electrons. The Morgan fingerprint density at radius 1 is 1.12 bits per heavy atom. The lowest BCUT2D eigenvalue weighted by Crippen LogP contribution is -2.50. The minimum Gasteiger partial charge on any atom is -0.335 e. The van der Waals surface area contributed by atoms with Gasteiger partial charge in [-0.25, -0.2) is 8.42 Å². The van der Waals surface area contributed by atoms with Crippen molar-refractivity contribution >= 4 is 38.9 Å². The molecule has 0 spiro atoms. The number of halogens is 1. The zero-order valence-electron chi connectivity index (χ0n) is 13.1. The van der Waals surface area contributed by atoms with Gasteiger partial charge in [0.1, 0.15) is 6.07 Å². The van der Waals surface area contributed by atoms with Gasteiger partial charge in [-0.05, 0) is 24.3 Å². The monoisotopic (exact) mass is 395 g/mol. The molecular formula is C16H14ClN3O3S2. The summed E-state index contributed by atoms with van der Waals surface area (Å²) in [6, 6.07) is 11.4. The third kappa shape index (κ3) is 3.55. The van der Waals surface area contributed by atoms with Gasteiger partial charge in [0.2, 0.25) is 10.0 Å². The molecular weight excluding hydrogens is 382 g/mol. The van der Waals surface area contributed by atoms with Crippen molar-refractivity contribution in [2.24, 2.45) is 0 Å². The average molecular weight is 396 g/mol. The molecule has 9 heteroatoms. The Kier molecular flexibility index (Phi) is 5.11. The van der Waals surface area contributed by atoms with Gasteiger partial charge in [0.05, 0.1) is 19.7 Å². The Balaban J connectivity index is 1.74. The fraction of sp³-hybridized carbons (Fsp3) is 0.250. The predicted molar refractivity (Wildman–Crippen MR) is 95.1 cm³/mol. The highest BCUT2D eigenvalue weighted by Gasteiger charge is 2.32. The third-order valence-electron chi connectivity index (χ3n) is 3.94. The summed E-state index contributed by atoms with van der Waals surface area (Å²) in [7, 11) is -3.76. The number of carbonyl (C=O) groups excluding carboxylic acids is 1. The van der Waals surface area contributed by atoms with Crippen molar-refractivity contribution in [1.82, 2.24) is 9.21 Å². The molecule has 1 aromatic heterocycles. The molecule has 0 bridgehead atoms. The normalized spacial score (nSPS) is 15.8. The first-order valence-corrected chi connectivity index (χ1v) is 10.1. The van der Waals surface area contributed by atoms with Crippen molar-refractivity contribution in [1.29, 1.82) is 5.26 Å². The van der Waals surface area contributed by atoms with Crippen LogP contribution in [0.2, 0.25) is 4.34 Å². The molecule has 0 saturated carbocycles. The molecule has 0 N–H and O–H groups in total. The SMILES string of the molecule is N#Cc1ccccc1S(=O)(=O)N1CCN(C(=O)c2ccc(Cl)s2)CC1. The van der Waals surface area contributed by atoms with Crippen molar-refractivity contribution in [3.8, 4) is 6.07 Å². The summed E-state index contributed by atoms with van der Waals surface area (Å²) in [4.78, 5) is 14.6. The smallest absolute Gasteiger partial charge is 0.264 e. The molecule has 1 saturated heterocycles. The van der Waals surface area contributed by atoms with Crippen LogP contribution in [-0.4, -0.2) is 49.7 Å². The molecule has 25 heavy (non-hydrogen) atoms. The van der Waals surface area contributed by atoms with E-state index in [1.54, 1.807) is 29.2 Å². The van der Waals surface area contributed by atoms with Gasteiger partial charge in [0.15, 0.2) is 0 Å². The minimum absolute atomic E-state index is 0.00214. The first-order chi connectivity index (χ1) is 11.9. The van der Waals surface area contributed by atoms with E-state index in [2.05, 4.69) is 0 Å². The third-order valence-corrected chi connectivity index (χ3v) is 7.11. The Morgan fingerprint density at radius 2 is 1.80 bits per heavy atom. The van der Waals surface area contributed by atoms with Crippen LogP contribution in [0, 0.1) is 11.3 Å². The molecule has 1 amide bonds. The first kappa shape index (κ1) is 17.9. The van der Waals surface area contributed by atoms with Gasteiger partial charge in [-0.1, -0.05) is 23.7 Å². The van der Waals surface area contributed by atoms with Gasteiger partial charge in [-0.15, -0.1) is 11.3 Å². The van der Waals surface area contributed by atoms with Gasteiger partial charge in [-0.2, -0.15) is 9.57 Å². The molecule has 2 aromatic rings. The van der Waals surface area contributed by atoms with E-state index < -0.39 is 10.0 Å². The lowest BCUT2D eigenvalue weighted by atomic mass is 10.2. The highest BCUT2D eigenvalue weighted by atomic mass is 35.5. The molecule has 0 aliphatic carbocycles. The van der Waals surface area contributed by atoms with Gasteiger partial charge in [0.25, 0.3) is 5.91 Å². The average Bonchev–Trinajstić information content (AvgIpc) is 3.07. The highest BCUT2D eigenvalue weighted by molar-refractivity contribution is 7.89. The molecule has 1 aliphatic rings. The summed E-state index contributed by atoms with van der Waals surface area (Å²) >= 11 is 7.06. The van der Waals surface area contributed by atoms with Crippen LogP contribution < -0.4 is 0 Å². The van der Waals surface area contributed by atoms with E-state index in [1.165, 1.54) is 27.8 Å². The molecule has 1 aromatic carbocycles. The van der Waals surface area contributed by atoms with Crippen LogP contribution in [0.5, 0.6) is 0 Å². The van der Waals surface area contributed by atoms with Crippen molar-refractivity contribution in [2.45, 2.75) is 4.90 Å². The fourth-order valence-electron chi connectivity index (χ4n) is 2.64. The number of rotatable bonds is 3. The number of benzene rings is 1. The van der Waals surface area contributed by atoms with Crippen LogP contribution in [-0.2, 0) is 10.0 Å². The van der Waals surface area contributed by atoms with E-state index in [-0.39, 0.29) is 29.5 Å². The van der Waals surface area contributed by atoms with E-state index in [4.69, 9.17) is 16.9 Å². The first-order valence-electron chi connectivity index (χ1n) is 7.47. The lowest BCUT2D eigenvalue weighted by molar-refractivity contribution is 0.0703. The Labute approximate surface area is 154 Å². The molecule has 1 fully saturated rings. The van der Waals surface area contributed by atoms with Crippen LogP contribution >= 0.6 is 22.9 Å². The topological polar surface area (TPSA) is 81.5 Å². The number of hydrogen-bond acceptors (Lipinski definition) is 5. The van der Waals surface area contributed by atoms with Crippen LogP contribution in [0.25, 0.3) is 0 Å². The van der Waals surface area contributed by atoms with Crippen molar-refractivity contribution in [2.75, 3.05) is 26.2 Å². The summed E-state index contributed by atoms with van der Waals surface area (Å²) in [5, 5.41) is 9.13. The predicted octanol–water partition coefficient (Wildman–Crippen LogP) is 2.42. The highest BCUT2D eigenvalue weighted by Crippen LogP contribution is 2.25. The number of sulfonamides is 1. The van der Waals surface area contributed by atoms with E-state index in [0.29, 0.717) is 22.3 Å².